The van der Waals surface area contributed by atoms with Gasteiger partial charge < -0.3 is 10.1 Å². The van der Waals surface area contributed by atoms with Gasteiger partial charge in [-0.1, -0.05) is 6.07 Å². The first-order valence-electron chi connectivity index (χ1n) is 6.47. The summed E-state index contributed by atoms with van der Waals surface area (Å²) < 4.78 is 6.22. The Morgan fingerprint density at radius 1 is 1.33 bits per heavy atom. The Kier molecular flexibility index (Phi) is 6.07. The van der Waals surface area contributed by atoms with Crippen molar-refractivity contribution >= 4 is 15.9 Å². The first-order chi connectivity index (χ1) is 8.84. The lowest BCUT2D eigenvalue weighted by Crippen LogP contribution is -2.37. The molecular formula is C13H20BrN3O. The lowest BCUT2D eigenvalue weighted by atomic mass is 10.3. The van der Waals surface area contributed by atoms with E-state index in [1.54, 1.807) is 0 Å². The van der Waals surface area contributed by atoms with Crippen LogP contribution in [0.5, 0.6) is 0 Å². The fourth-order valence-electron chi connectivity index (χ4n) is 2.02. The fraction of sp³-hybridized carbons (Fsp3) is 0.615. The molecule has 2 rings (SSSR count). The molecule has 0 amide bonds. The molecule has 1 aromatic rings. The SMILES string of the molecule is Brc1cccc(CNCCCN2CCOCC2)n1. The predicted octanol–water partition coefficient (Wildman–Crippen LogP) is 1.66. The van der Waals surface area contributed by atoms with E-state index in [2.05, 4.69) is 31.1 Å². The number of hydrogen-bond donors (Lipinski definition) is 1. The largest absolute Gasteiger partial charge is 0.379 e. The van der Waals surface area contributed by atoms with E-state index < -0.39 is 0 Å². The molecule has 1 N–H and O–H groups in total. The number of ether oxygens (including phenoxy) is 1. The van der Waals surface area contributed by atoms with Gasteiger partial charge in [-0.3, -0.25) is 4.90 Å². The molecule has 0 bridgehead atoms. The summed E-state index contributed by atoms with van der Waals surface area (Å²) in [6.07, 6.45) is 1.17. The molecule has 100 valence electrons. The summed E-state index contributed by atoms with van der Waals surface area (Å²) in [7, 11) is 0. The Bertz CT molecular complexity index is 356. The number of morpholine rings is 1. The molecule has 18 heavy (non-hydrogen) atoms. The number of aromatic nitrogens is 1. The highest BCUT2D eigenvalue weighted by Gasteiger charge is 2.08. The van der Waals surface area contributed by atoms with E-state index >= 15 is 0 Å². The van der Waals surface area contributed by atoms with Crippen molar-refractivity contribution in [3.05, 3.63) is 28.5 Å². The van der Waals surface area contributed by atoms with Gasteiger partial charge in [0.25, 0.3) is 0 Å². The third-order valence-electron chi connectivity index (χ3n) is 3.01. The third-order valence-corrected chi connectivity index (χ3v) is 3.45. The normalized spacial score (nSPS) is 16.9. The summed E-state index contributed by atoms with van der Waals surface area (Å²) in [4.78, 5) is 6.85. The monoisotopic (exact) mass is 313 g/mol. The van der Waals surface area contributed by atoms with Crippen molar-refractivity contribution in [2.24, 2.45) is 0 Å². The summed E-state index contributed by atoms with van der Waals surface area (Å²) in [6, 6.07) is 6.00. The molecular weight excluding hydrogens is 294 g/mol. The predicted molar refractivity (Wildman–Crippen MR) is 75.5 cm³/mol. The second-order valence-electron chi connectivity index (χ2n) is 4.44. The van der Waals surface area contributed by atoms with E-state index in [4.69, 9.17) is 4.74 Å². The van der Waals surface area contributed by atoms with Crippen molar-refractivity contribution < 1.29 is 4.74 Å². The van der Waals surface area contributed by atoms with Crippen LogP contribution in [0.15, 0.2) is 22.8 Å². The molecule has 1 aliphatic heterocycles. The Morgan fingerprint density at radius 2 is 2.17 bits per heavy atom. The van der Waals surface area contributed by atoms with Gasteiger partial charge in [0.15, 0.2) is 0 Å². The Hall–Kier alpha value is -0.490. The zero-order valence-corrected chi connectivity index (χ0v) is 12.2. The number of nitrogens with one attached hydrogen (secondary N) is 1. The van der Waals surface area contributed by atoms with E-state index in [0.717, 1.165) is 56.2 Å². The van der Waals surface area contributed by atoms with Crippen molar-refractivity contribution in [2.75, 3.05) is 39.4 Å². The second-order valence-corrected chi connectivity index (χ2v) is 5.25. The van der Waals surface area contributed by atoms with Crippen LogP contribution in [0.3, 0.4) is 0 Å². The maximum atomic E-state index is 5.33. The number of rotatable bonds is 6. The standard InChI is InChI=1S/C13H20BrN3O/c14-13-4-1-3-12(16-13)11-15-5-2-6-17-7-9-18-10-8-17/h1,3-4,15H,2,5-11H2. The second kappa shape index (κ2) is 7.84. The first kappa shape index (κ1) is 13.9. The minimum Gasteiger partial charge on any atom is -0.379 e. The Morgan fingerprint density at radius 3 is 2.94 bits per heavy atom. The van der Waals surface area contributed by atoms with E-state index in [1.807, 2.05) is 18.2 Å². The molecule has 0 saturated carbocycles. The van der Waals surface area contributed by atoms with Crippen molar-refractivity contribution in [3.8, 4) is 0 Å². The maximum Gasteiger partial charge on any atom is 0.106 e. The first-order valence-corrected chi connectivity index (χ1v) is 7.26. The zero-order chi connectivity index (χ0) is 12.6. The van der Waals surface area contributed by atoms with Gasteiger partial charge in [0, 0.05) is 19.6 Å². The molecule has 0 atom stereocenters. The lowest BCUT2D eigenvalue weighted by molar-refractivity contribution is 0.0374. The molecule has 0 aromatic carbocycles. The zero-order valence-electron chi connectivity index (χ0n) is 10.6. The Balaban J connectivity index is 1.55. The van der Waals surface area contributed by atoms with Crippen molar-refractivity contribution in [2.45, 2.75) is 13.0 Å². The summed E-state index contributed by atoms with van der Waals surface area (Å²) in [5, 5.41) is 3.43. The summed E-state index contributed by atoms with van der Waals surface area (Å²) in [5.74, 6) is 0. The number of halogens is 1. The highest BCUT2D eigenvalue weighted by Crippen LogP contribution is 2.05. The van der Waals surface area contributed by atoms with Gasteiger partial charge in [-0.15, -0.1) is 0 Å². The third kappa shape index (κ3) is 5.02. The highest BCUT2D eigenvalue weighted by atomic mass is 79.9. The van der Waals surface area contributed by atoms with Crippen LogP contribution in [0.1, 0.15) is 12.1 Å². The Labute approximate surface area is 117 Å². The van der Waals surface area contributed by atoms with E-state index in [1.165, 1.54) is 6.42 Å². The molecule has 5 heteroatoms. The van der Waals surface area contributed by atoms with Gasteiger partial charge in [0.1, 0.15) is 4.60 Å². The van der Waals surface area contributed by atoms with Gasteiger partial charge in [0.05, 0.1) is 18.9 Å². The van der Waals surface area contributed by atoms with Gasteiger partial charge >= 0.3 is 0 Å². The number of nitrogens with zero attached hydrogens (tertiary/aromatic N) is 2. The van der Waals surface area contributed by atoms with Crippen LogP contribution in [-0.2, 0) is 11.3 Å². The molecule has 2 heterocycles. The van der Waals surface area contributed by atoms with Crippen molar-refractivity contribution in [1.29, 1.82) is 0 Å². The van der Waals surface area contributed by atoms with E-state index in [-0.39, 0.29) is 0 Å². The molecule has 1 aromatic heterocycles. The summed E-state index contributed by atoms with van der Waals surface area (Å²) >= 11 is 3.38. The molecule has 1 aliphatic rings. The highest BCUT2D eigenvalue weighted by molar-refractivity contribution is 9.10. The summed E-state index contributed by atoms with van der Waals surface area (Å²) in [6.45, 7) is 6.95. The van der Waals surface area contributed by atoms with Crippen molar-refractivity contribution in [1.82, 2.24) is 15.2 Å². The minimum atomic E-state index is 0.836. The van der Waals surface area contributed by atoms with Crippen LogP contribution >= 0.6 is 15.9 Å². The van der Waals surface area contributed by atoms with Crippen LogP contribution in [-0.4, -0.2) is 49.3 Å². The van der Waals surface area contributed by atoms with Gasteiger partial charge in [-0.05, 0) is 47.6 Å². The molecule has 1 fully saturated rings. The van der Waals surface area contributed by atoms with E-state index in [0.29, 0.717) is 0 Å². The minimum absolute atomic E-state index is 0.836. The quantitative estimate of drug-likeness (QED) is 0.640. The molecule has 0 spiro atoms. The topological polar surface area (TPSA) is 37.4 Å². The lowest BCUT2D eigenvalue weighted by Gasteiger charge is -2.26. The summed E-state index contributed by atoms with van der Waals surface area (Å²) in [5.41, 5.74) is 1.08. The smallest absolute Gasteiger partial charge is 0.106 e. The van der Waals surface area contributed by atoms with Crippen LogP contribution in [0.2, 0.25) is 0 Å². The van der Waals surface area contributed by atoms with Crippen LogP contribution < -0.4 is 5.32 Å². The van der Waals surface area contributed by atoms with Gasteiger partial charge in [-0.2, -0.15) is 0 Å². The molecule has 0 aliphatic carbocycles. The van der Waals surface area contributed by atoms with Crippen LogP contribution in [0.25, 0.3) is 0 Å². The fourth-order valence-corrected chi connectivity index (χ4v) is 2.40. The average Bonchev–Trinajstić information content (AvgIpc) is 2.40. The average molecular weight is 314 g/mol. The van der Waals surface area contributed by atoms with Gasteiger partial charge in [-0.25, -0.2) is 4.98 Å². The number of pyridine rings is 1. The van der Waals surface area contributed by atoms with Crippen LogP contribution in [0.4, 0.5) is 0 Å². The molecule has 0 unspecified atom stereocenters. The molecule has 0 radical (unpaired) electrons. The van der Waals surface area contributed by atoms with Crippen LogP contribution in [0, 0.1) is 0 Å². The number of hydrogen-bond acceptors (Lipinski definition) is 4. The molecule has 1 saturated heterocycles. The van der Waals surface area contributed by atoms with Gasteiger partial charge in [0.2, 0.25) is 0 Å². The molecule has 4 nitrogen and oxygen atoms in total. The van der Waals surface area contributed by atoms with E-state index in [9.17, 15) is 0 Å². The van der Waals surface area contributed by atoms with Crippen molar-refractivity contribution in [3.63, 3.8) is 0 Å². The maximum absolute atomic E-state index is 5.33.